The van der Waals surface area contributed by atoms with E-state index in [9.17, 15) is 4.79 Å². The van der Waals surface area contributed by atoms with Gasteiger partial charge in [-0.3, -0.25) is 0 Å². The van der Waals surface area contributed by atoms with E-state index in [1.807, 2.05) is 77.1 Å². The fraction of sp³-hybridized carbons (Fsp3) is 0.396. The van der Waals surface area contributed by atoms with Gasteiger partial charge in [-0.05, 0) is 85.0 Å². The van der Waals surface area contributed by atoms with Crippen molar-refractivity contribution in [3.8, 4) is 16.9 Å². The maximum atomic E-state index is 15.2. The first-order chi connectivity index (χ1) is 30.2. The van der Waals surface area contributed by atoms with E-state index in [-0.39, 0.29) is 42.0 Å². The van der Waals surface area contributed by atoms with Gasteiger partial charge in [-0.1, -0.05) is 157 Å². The molecule has 0 bridgehead atoms. The predicted octanol–water partition coefficient (Wildman–Crippen LogP) is 10.8. The number of carbonyl (C=O) groups is 1. The van der Waals surface area contributed by atoms with Crippen molar-refractivity contribution < 1.29 is 14.0 Å². The lowest BCUT2D eigenvalue weighted by Crippen LogP contribution is -2.59. The highest BCUT2D eigenvalue weighted by atomic mass is 35.5. The number of halogens is 1. The molecule has 1 aliphatic rings. The molecule has 1 radical (unpaired) electrons. The number of rotatable bonds is 10. The summed E-state index contributed by atoms with van der Waals surface area (Å²) in [6, 6.07) is 35.0. The van der Waals surface area contributed by atoms with Crippen LogP contribution >= 0.6 is 11.6 Å². The van der Waals surface area contributed by atoms with Crippen LogP contribution in [0.15, 0.2) is 108 Å². The Kier molecular flexibility index (Phi) is 13.6. The summed E-state index contributed by atoms with van der Waals surface area (Å²) >= 11 is 7.32. The largest absolute Gasteiger partial charge is 0.444 e. The zero-order valence-corrected chi connectivity index (χ0v) is 41.2. The summed E-state index contributed by atoms with van der Waals surface area (Å²) in [7, 11) is -1.73. The van der Waals surface area contributed by atoms with Crippen molar-refractivity contribution in [2.24, 2.45) is 0 Å². The number of amides is 1. The van der Waals surface area contributed by atoms with Crippen molar-refractivity contribution >= 4 is 54.0 Å². The summed E-state index contributed by atoms with van der Waals surface area (Å²) in [5, 5.41) is 3.36. The van der Waals surface area contributed by atoms with Gasteiger partial charge in [-0.15, -0.1) is 0 Å². The van der Waals surface area contributed by atoms with Crippen LogP contribution in [-0.2, 0) is 21.2 Å². The summed E-state index contributed by atoms with van der Waals surface area (Å²) in [5.41, 5.74) is 5.75. The minimum absolute atomic E-state index is 0.0184. The van der Waals surface area contributed by atoms with Crippen LogP contribution in [0, 0.1) is 0 Å². The number of ether oxygens (including phenoxy) is 1. The van der Waals surface area contributed by atoms with Crippen LogP contribution in [-0.4, -0.2) is 65.3 Å². The number of hydrogen-bond acceptors (Lipinski definition) is 7. The average Bonchev–Trinajstić information content (AvgIpc) is 3.23. The molecule has 4 aromatic carbocycles. The molecule has 1 saturated heterocycles. The van der Waals surface area contributed by atoms with E-state index in [4.69, 9.17) is 30.7 Å². The zero-order chi connectivity index (χ0) is 46.2. The van der Waals surface area contributed by atoms with Gasteiger partial charge in [0.15, 0.2) is 5.65 Å². The molecule has 1 aliphatic heterocycles. The van der Waals surface area contributed by atoms with Gasteiger partial charge in [0.1, 0.15) is 11.4 Å². The van der Waals surface area contributed by atoms with Crippen molar-refractivity contribution in [1.82, 2.24) is 19.4 Å². The molecule has 1 fully saturated rings. The smallest absolute Gasteiger partial charge is 0.410 e. The Morgan fingerprint density at radius 1 is 0.781 bits per heavy atom. The fourth-order valence-electron chi connectivity index (χ4n) is 8.59. The average molecular weight is 898 g/mol. The standard InChI is InChI=1S/C53H63ClN5O4Si/c1-33(2)41-22-16-17-23-43(41)46-45(54)29-44-48(57-30-36(6)58(31-35(57)5)51(61)63-53(10,11)12)56-50(60)59(49(44)55-46)47-37(19-18-24-42(47)34(3)4)32-62-64(39-20-14-13-15-21-39)40-27-25-38(26-28-40)52(7,8)9/h13-29,33-36H,30-32H2,1-12H3. The Bertz CT molecular complexity index is 2690. The van der Waals surface area contributed by atoms with E-state index in [0.29, 0.717) is 46.3 Å². The van der Waals surface area contributed by atoms with Gasteiger partial charge in [0.05, 0.1) is 28.4 Å². The van der Waals surface area contributed by atoms with Gasteiger partial charge < -0.3 is 19.0 Å². The Morgan fingerprint density at radius 3 is 2.05 bits per heavy atom. The number of para-hydroxylation sites is 1. The van der Waals surface area contributed by atoms with Crippen LogP contribution in [0.4, 0.5) is 10.6 Å². The first-order valence-corrected chi connectivity index (χ1v) is 24.3. The van der Waals surface area contributed by atoms with Gasteiger partial charge >= 0.3 is 11.8 Å². The molecular formula is C53H63ClN5O4Si. The van der Waals surface area contributed by atoms with E-state index >= 15 is 4.79 Å². The zero-order valence-electron chi connectivity index (χ0n) is 39.5. The fourth-order valence-corrected chi connectivity index (χ4v) is 10.8. The molecule has 6 aromatic rings. The molecule has 7 rings (SSSR count). The summed E-state index contributed by atoms with van der Waals surface area (Å²) in [5.74, 6) is 0.709. The quantitative estimate of drug-likeness (QED) is 0.127. The Balaban J connectivity index is 1.41. The maximum Gasteiger partial charge on any atom is 0.410 e. The Morgan fingerprint density at radius 2 is 1.41 bits per heavy atom. The number of aromatic nitrogens is 3. The molecule has 2 unspecified atom stereocenters. The topological polar surface area (TPSA) is 89.8 Å². The third kappa shape index (κ3) is 9.84. The van der Waals surface area contributed by atoms with Crippen molar-refractivity contribution in [3.63, 3.8) is 0 Å². The minimum Gasteiger partial charge on any atom is -0.444 e. The highest BCUT2D eigenvalue weighted by Crippen LogP contribution is 2.39. The van der Waals surface area contributed by atoms with Crippen molar-refractivity contribution in [2.75, 3.05) is 18.0 Å². The monoisotopic (exact) mass is 896 g/mol. The van der Waals surface area contributed by atoms with Crippen LogP contribution in [0.1, 0.15) is 117 Å². The molecule has 2 aromatic heterocycles. The lowest BCUT2D eigenvalue weighted by molar-refractivity contribution is 0.0130. The summed E-state index contributed by atoms with van der Waals surface area (Å²) in [6.45, 7) is 25.9. The summed E-state index contributed by atoms with van der Waals surface area (Å²) in [4.78, 5) is 42.8. The number of anilines is 1. The van der Waals surface area contributed by atoms with Gasteiger partial charge in [0.25, 0.3) is 9.04 Å². The molecule has 1 amide bonds. The van der Waals surface area contributed by atoms with Crippen LogP contribution in [0.25, 0.3) is 28.0 Å². The molecule has 9 nitrogen and oxygen atoms in total. The number of hydrogen-bond donors (Lipinski definition) is 0. The van der Waals surface area contributed by atoms with E-state index < -0.39 is 20.3 Å². The molecule has 64 heavy (non-hydrogen) atoms. The highest BCUT2D eigenvalue weighted by molar-refractivity contribution is 6.80. The lowest BCUT2D eigenvalue weighted by Gasteiger charge is -2.44. The summed E-state index contributed by atoms with van der Waals surface area (Å²) < 4.78 is 14.6. The SMILES string of the molecule is CC(C)c1ccccc1-c1nc2c(cc1Cl)c(N1CC(C)N(C(=O)OC(C)(C)C)CC1C)nc(=O)n2-c1c(CO[Si](c2ccccc2)c2ccc(C(C)(C)C)cc2)cccc1C(C)C. The van der Waals surface area contributed by atoms with E-state index in [2.05, 4.69) is 114 Å². The Labute approximate surface area is 386 Å². The highest BCUT2D eigenvalue weighted by Gasteiger charge is 2.37. The third-order valence-electron chi connectivity index (χ3n) is 11.9. The molecule has 0 N–H and O–H groups in total. The normalized spacial score (nSPS) is 16.1. The molecule has 0 saturated carbocycles. The van der Waals surface area contributed by atoms with Gasteiger partial charge in [-0.2, -0.15) is 4.98 Å². The predicted molar refractivity (Wildman–Crippen MR) is 264 cm³/mol. The van der Waals surface area contributed by atoms with Crippen molar-refractivity contribution in [1.29, 1.82) is 0 Å². The number of benzene rings is 4. The third-order valence-corrected chi connectivity index (χ3v) is 14.4. The second-order valence-corrected chi connectivity index (χ2v) is 22.3. The van der Waals surface area contributed by atoms with E-state index in [0.717, 1.165) is 32.6 Å². The van der Waals surface area contributed by atoms with Crippen LogP contribution in [0.2, 0.25) is 5.02 Å². The van der Waals surface area contributed by atoms with Crippen molar-refractivity contribution in [3.05, 3.63) is 141 Å². The molecular weight excluding hydrogens is 834 g/mol. The molecule has 2 atom stereocenters. The minimum atomic E-state index is -1.73. The van der Waals surface area contributed by atoms with Crippen LogP contribution in [0.5, 0.6) is 0 Å². The van der Waals surface area contributed by atoms with Crippen molar-refractivity contribution in [2.45, 2.75) is 125 Å². The number of piperazine rings is 1. The Hall–Kier alpha value is -5.29. The maximum absolute atomic E-state index is 15.2. The van der Waals surface area contributed by atoms with E-state index in [1.54, 1.807) is 9.47 Å². The second-order valence-electron chi connectivity index (χ2n) is 19.8. The molecule has 3 heterocycles. The number of carbonyl (C=O) groups excluding carboxylic acids is 1. The van der Waals surface area contributed by atoms with Gasteiger partial charge in [-0.25, -0.2) is 19.1 Å². The first kappa shape index (κ1) is 46.7. The van der Waals surface area contributed by atoms with Crippen LogP contribution in [0.3, 0.4) is 0 Å². The molecule has 0 aliphatic carbocycles. The number of nitrogens with zero attached hydrogens (tertiary/aromatic N) is 5. The van der Waals surface area contributed by atoms with E-state index in [1.165, 1.54) is 5.56 Å². The molecule has 11 heteroatoms. The first-order valence-electron chi connectivity index (χ1n) is 22.5. The summed E-state index contributed by atoms with van der Waals surface area (Å²) in [6.07, 6.45) is -0.364. The van der Waals surface area contributed by atoms with Crippen LogP contribution < -0.4 is 21.0 Å². The number of pyridine rings is 1. The molecule has 335 valence electrons. The van der Waals surface area contributed by atoms with Gasteiger partial charge in [0, 0.05) is 36.3 Å². The lowest BCUT2D eigenvalue weighted by atomic mass is 9.87. The number of fused-ring (bicyclic) bond motifs is 1. The van der Waals surface area contributed by atoms with Gasteiger partial charge in [0.2, 0.25) is 0 Å². The molecule has 0 spiro atoms. The second kappa shape index (κ2) is 18.7.